The predicted molar refractivity (Wildman–Crippen MR) is 77.3 cm³/mol. The van der Waals surface area contributed by atoms with Gasteiger partial charge >= 0.3 is 0 Å². The van der Waals surface area contributed by atoms with Crippen molar-refractivity contribution >= 4 is 5.82 Å². The van der Waals surface area contributed by atoms with Gasteiger partial charge in [-0.05, 0) is 25.3 Å². The molecule has 0 saturated carbocycles. The lowest BCUT2D eigenvalue weighted by Crippen LogP contribution is -2.26. The van der Waals surface area contributed by atoms with Crippen LogP contribution in [0.4, 0.5) is 5.82 Å². The molecule has 0 N–H and O–H groups in total. The number of anilines is 1. The van der Waals surface area contributed by atoms with Crippen LogP contribution < -0.4 is 4.90 Å². The van der Waals surface area contributed by atoms with Gasteiger partial charge in [0.2, 0.25) is 0 Å². The SMILES string of the molecule is CCC(c1ccccc1)N1CCc2c(C)ncnc21. The first kappa shape index (κ1) is 12.2. The molecule has 19 heavy (non-hydrogen) atoms. The van der Waals surface area contributed by atoms with Crippen LogP contribution in [0.3, 0.4) is 0 Å². The fraction of sp³-hybridized carbons (Fsp3) is 0.375. The zero-order valence-electron chi connectivity index (χ0n) is 11.5. The highest BCUT2D eigenvalue weighted by atomic mass is 15.2. The Balaban J connectivity index is 1.98. The molecule has 1 aromatic carbocycles. The standard InChI is InChI=1S/C16H19N3/c1-3-15(13-7-5-4-6-8-13)19-10-9-14-12(2)17-11-18-16(14)19/h4-8,11,15H,3,9-10H2,1-2H3. The summed E-state index contributed by atoms with van der Waals surface area (Å²) < 4.78 is 0. The van der Waals surface area contributed by atoms with Crippen molar-refractivity contribution in [3.05, 3.63) is 53.5 Å². The van der Waals surface area contributed by atoms with Gasteiger partial charge in [-0.2, -0.15) is 0 Å². The van der Waals surface area contributed by atoms with E-state index in [1.165, 1.54) is 11.1 Å². The number of hydrogen-bond donors (Lipinski definition) is 0. The lowest BCUT2D eigenvalue weighted by molar-refractivity contribution is 0.615. The van der Waals surface area contributed by atoms with E-state index in [0.29, 0.717) is 6.04 Å². The van der Waals surface area contributed by atoms with E-state index in [-0.39, 0.29) is 0 Å². The van der Waals surface area contributed by atoms with Crippen LogP contribution in [0.2, 0.25) is 0 Å². The Morgan fingerprint density at radius 3 is 2.74 bits per heavy atom. The van der Waals surface area contributed by atoms with E-state index < -0.39 is 0 Å². The molecule has 2 aromatic rings. The molecule has 1 aromatic heterocycles. The highest BCUT2D eigenvalue weighted by Gasteiger charge is 2.28. The number of rotatable bonds is 3. The largest absolute Gasteiger partial charge is 0.349 e. The summed E-state index contributed by atoms with van der Waals surface area (Å²) in [6.07, 6.45) is 3.84. The normalized spacial score (nSPS) is 15.4. The van der Waals surface area contributed by atoms with Gasteiger partial charge in [-0.1, -0.05) is 37.3 Å². The van der Waals surface area contributed by atoms with E-state index >= 15 is 0 Å². The fourth-order valence-electron chi connectivity index (χ4n) is 2.98. The Hall–Kier alpha value is -1.90. The first-order valence-corrected chi connectivity index (χ1v) is 6.93. The van der Waals surface area contributed by atoms with Crippen LogP contribution in [0, 0.1) is 6.92 Å². The quantitative estimate of drug-likeness (QED) is 0.840. The molecule has 2 heterocycles. The van der Waals surface area contributed by atoms with Crippen molar-refractivity contribution in [3.63, 3.8) is 0 Å². The number of fused-ring (bicyclic) bond motifs is 1. The molecule has 0 amide bonds. The van der Waals surface area contributed by atoms with Gasteiger partial charge in [-0.25, -0.2) is 9.97 Å². The zero-order valence-corrected chi connectivity index (χ0v) is 11.5. The van der Waals surface area contributed by atoms with Gasteiger partial charge in [0.25, 0.3) is 0 Å². The molecule has 0 fully saturated rings. The number of hydrogen-bond acceptors (Lipinski definition) is 3. The summed E-state index contributed by atoms with van der Waals surface area (Å²) in [5.74, 6) is 1.13. The Labute approximate surface area is 114 Å². The van der Waals surface area contributed by atoms with E-state index in [2.05, 4.69) is 59.0 Å². The molecule has 1 aliphatic rings. The minimum Gasteiger partial charge on any atom is -0.349 e. The van der Waals surface area contributed by atoms with Crippen LogP contribution in [0.5, 0.6) is 0 Å². The maximum Gasteiger partial charge on any atom is 0.136 e. The number of aromatic nitrogens is 2. The van der Waals surface area contributed by atoms with Crippen LogP contribution in [0.15, 0.2) is 36.7 Å². The molecule has 3 rings (SSSR count). The van der Waals surface area contributed by atoms with E-state index in [4.69, 9.17) is 0 Å². The van der Waals surface area contributed by atoms with Gasteiger partial charge in [0, 0.05) is 17.8 Å². The lowest BCUT2D eigenvalue weighted by Gasteiger charge is -2.29. The second kappa shape index (κ2) is 5.00. The Bertz CT molecular complexity index is 565. The van der Waals surface area contributed by atoms with E-state index in [0.717, 1.165) is 30.9 Å². The van der Waals surface area contributed by atoms with E-state index in [1.807, 2.05) is 0 Å². The molecule has 0 saturated heterocycles. The molecule has 1 unspecified atom stereocenters. The summed E-state index contributed by atoms with van der Waals surface area (Å²) in [6.45, 7) is 5.36. The highest BCUT2D eigenvalue weighted by Crippen LogP contribution is 2.35. The summed E-state index contributed by atoms with van der Waals surface area (Å²) in [6, 6.07) is 11.1. The molecule has 98 valence electrons. The average molecular weight is 253 g/mol. The molecule has 1 atom stereocenters. The van der Waals surface area contributed by atoms with Gasteiger partial charge in [0.05, 0.1) is 6.04 Å². The van der Waals surface area contributed by atoms with Crippen molar-refractivity contribution in [1.29, 1.82) is 0 Å². The second-order valence-electron chi connectivity index (χ2n) is 5.04. The Morgan fingerprint density at radius 1 is 1.21 bits per heavy atom. The molecule has 3 nitrogen and oxygen atoms in total. The number of benzene rings is 1. The Morgan fingerprint density at radius 2 is 2.00 bits per heavy atom. The molecule has 0 bridgehead atoms. The predicted octanol–water partition coefficient (Wildman–Crippen LogP) is 3.30. The third-order valence-corrected chi connectivity index (χ3v) is 3.96. The maximum atomic E-state index is 4.51. The van der Waals surface area contributed by atoms with E-state index in [1.54, 1.807) is 6.33 Å². The van der Waals surface area contributed by atoms with Crippen molar-refractivity contribution in [3.8, 4) is 0 Å². The maximum absolute atomic E-state index is 4.51. The summed E-state index contributed by atoms with van der Waals surface area (Å²) in [7, 11) is 0. The van der Waals surface area contributed by atoms with Crippen LogP contribution in [-0.4, -0.2) is 16.5 Å². The van der Waals surface area contributed by atoms with Crippen molar-refractivity contribution < 1.29 is 0 Å². The van der Waals surface area contributed by atoms with Crippen molar-refractivity contribution in [1.82, 2.24) is 9.97 Å². The van der Waals surface area contributed by atoms with Crippen molar-refractivity contribution in [2.24, 2.45) is 0 Å². The minimum absolute atomic E-state index is 0.414. The van der Waals surface area contributed by atoms with Crippen molar-refractivity contribution in [2.45, 2.75) is 32.7 Å². The molecule has 3 heteroatoms. The Kier molecular flexibility index (Phi) is 3.20. The van der Waals surface area contributed by atoms with Gasteiger partial charge < -0.3 is 4.90 Å². The topological polar surface area (TPSA) is 29.0 Å². The molecular formula is C16H19N3. The molecule has 0 aliphatic carbocycles. The second-order valence-corrected chi connectivity index (χ2v) is 5.04. The fourth-order valence-corrected chi connectivity index (χ4v) is 2.98. The minimum atomic E-state index is 0.414. The first-order chi connectivity index (χ1) is 9.31. The third-order valence-electron chi connectivity index (χ3n) is 3.96. The molecule has 0 radical (unpaired) electrons. The summed E-state index contributed by atoms with van der Waals surface area (Å²) in [5.41, 5.74) is 3.81. The zero-order chi connectivity index (χ0) is 13.2. The van der Waals surface area contributed by atoms with Gasteiger partial charge in [-0.3, -0.25) is 0 Å². The summed E-state index contributed by atoms with van der Waals surface area (Å²) in [4.78, 5) is 11.2. The van der Waals surface area contributed by atoms with Crippen LogP contribution >= 0.6 is 0 Å². The highest BCUT2D eigenvalue weighted by molar-refractivity contribution is 5.55. The first-order valence-electron chi connectivity index (χ1n) is 6.93. The average Bonchev–Trinajstić information content (AvgIpc) is 2.87. The number of aryl methyl sites for hydroxylation is 1. The van der Waals surface area contributed by atoms with Crippen LogP contribution in [0.25, 0.3) is 0 Å². The smallest absolute Gasteiger partial charge is 0.136 e. The molecular weight excluding hydrogens is 234 g/mol. The van der Waals surface area contributed by atoms with Crippen molar-refractivity contribution in [2.75, 3.05) is 11.4 Å². The van der Waals surface area contributed by atoms with Gasteiger partial charge in [-0.15, -0.1) is 0 Å². The lowest BCUT2D eigenvalue weighted by atomic mass is 10.0. The molecule has 0 spiro atoms. The summed E-state index contributed by atoms with van der Waals surface area (Å²) >= 11 is 0. The van der Waals surface area contributed by atoms with Crippen LogP contribution in [-0.2, 0) is 6.42 Å². The van der Waals surface area contributed by atoms with Gasteiger partial charge in [0.1, 0.15) is 12.1 Å². The number of nitrogens with zero attached hydrogens (tertiary/aromatic N) is 3. The van der Waals surface area contributed by atoms with Gasteiger partial charge in [0.15, 0.2) is 0 Å². The molecule has 1 aliphatic heterocycles. The van der Waals surface area contributed by atoms with E-state index in [9.17, 15) is 0 Å². The monoisotopic (exact) mass is 253 g/mol. The van der Waals surface area contributed by atoms with Crippen LogP contribution in [0.1, 0.15) is 36.2 Å². The summed E-state index contributed by atoms with van der Waals surface area (Å²) in [5, 5.41) is 0. The third kappa shape index (κ3) is 2.09.